The Kier molecular flexibility index (Phi) is 2.58. The minimum atomic E-state index is 0.324. The summed E-state index contributed by atoms with van der Waals surface area (Å²) in [6.45, 7) is 0.991. The molecule has 0 aliphatic carbocycles. The van der Waals surface area contributed by atoms with Gasteiger partial charge in [-0.1, -0.05) is 6.07 Å². The summed E-state index contributed by atoms with van der Waals surface area (Å²) in [4.78, 5) is 22.5. The van der Waals surface area contributed by atoms with Gasteiger partial charge in [-0.2, -0.15) is 0 Å². The molecule has 1 unspecified atom stereocenters. The number of fused-ring (bicyclic) bond motifs is 1. The van der Waals surface area contributed by atoms with E-state index < -0.39 is 0 Å². The van der Waals surface area contributed by atoms with Crippen molar-refractivity contribution in [1.82, 2.24) is 24.9 Å². The van der Waals surface area contributed by atoms with Gasteiger partial charge in [0.2, 0.25) is 0 Å². The fourth-order valence-corrected chi connectivity index (χ4v) is 2.91. The molecule has 0 radical (unpaired) electrons. The summed E-state index contributed by atoms with van der Waals surface area (Å²) in [6, 6.07) is 4.43. The third-order valence-electron chi connectivity index (χ3n) is 3.80. The molecular weight excluding hydrogens is 252 g/mol. The molecule has 1 fully saturated rings. The molecule has 0 spiro atoms. The van der Waals surface area contributed by atoms with Crippen LogP contribution in [-0.4, -0.2) is 31.5 Å². The topological polar surface area (TPSA) is 70.6 Å². The van der Waals surface area contributed by atoms with Crippen molar-refractivity contribution in [2.45, 2.75) is 18.9 Å². The summed E-state index contributed by atoms with van der Waals surface area (Å²) in [5.41, 5.74) is 2.85. The van der Waals surface area contributed by atoms with Crippen LogP contribution in [0.3, 0.4) is 0 Å². The van der Waals surface area contributed by atoms with E-state index in [2.05, 4.69) is 35.9 Å². The molecule has 6 heteroatoms. The van der Waals surface area contributed by atoms with E-state index in [-0.39, 0.29) is 0 Å². The molecule has 0 amide bonds. The highest BCUT2D eigenvalue weighted by atomic mass is 15.2. The summed E-state index contributed by atoms with van der Waals surface area (Å²) in [5, 5.41) is 0. The van der Waals surface area contributed by atoms with Gasteiger partial charge in [0.25, 0.3) is 0 Å². The summed E-state index contributed by atoms with van der Waals surface area (Å²) < 4.78 is 0. The molecule has 3 aromatic rings. The van der Waals surface area contributed by atoms with Crippen molar-refractivity contribution >= 4 is 17.0 Å². The van der Waals surface area contributed by atoms with Gasteiger partial charge in [-0.3, -0.25) is 4.98 Å². The maximum Gasteiger partial charge on any atom is 0.182 e. The van der Waals surface area contributed by atoms with E-state index in [9.17, 15) is 0 Å². The zero-order chi connectivity index (χ0) is 13.4. The van der Waals surface area contributed by atoms with Gasteiger partial charge in [0.15, 0.2) is 11.5 Å². The van der Waals surface area contributed by atoms with E-state index in [0.29, 0.717) is 11.7 Å². The second-order valence-electron chi connectivity index (χ2n) is 4.94. The quantitative estimate of drug-likeness (QED) is 0.769. The summed E-state index contributed by atoms with van der Waals surface area (Å²) in [5.74, 6) is 0.929. The second kappa shape index (κ2) is 4.56. The Hall–Kier alpha value is -2.50. The van der Waals surface area contributed by atoms with Crippen LogP contribution in [-0.2, 0) is 0 Å². The number of aromatic nitrogens is 5. The molecule has 4 rings (SSSR count). The van der Waals surface area contributed by atoms with Crippen LogP contribution in [0.4, 0.5) is 5.82 Å². The average molecular weight is 266 g/mol. The molecule has 100 valence electrons. The van der Waals surface area contributed by atoms with Crippen LogP contribution < -0.4 is 4.90 Å². The van der Waals surface area contributed by atoms with Crippen LogP contribution in [0.15, 0.2) is 37.2 Å². The molecular formula is C14H14N6. The first-order valence-corrected chi connectivity index (χ1v) is 6.74. The third-order valence-corrected chi connectivity index (χ3v) is 3.80. The zero-order valence-electron chi connectivity index (χ0n) is 10.9. The van der Waals surface area contributed by atoms with Crippen LogP contribution in [0.2, 0.25) is 0 Å². The van der Waals surface area contributed by atoms with Crippen molar-refractivity contribution in [2.75, 3.05) is 11.4 Å². The average Bonchev–Trinajstić information content (AvgIpc) is 3.16. The first-order chi connectivity index (χ1) is 9.93. The van der Waals surface area contributed by atoms with Crippen molar-refractivity contribution in [3.05, 3.63) is 42.7 Å². The Morgan fingerprint density at radius 1 is 1.25 bits per heavy atom. The number of hydrogen-bond acceptors (Lipinski definition) is 5. The van der Waals surface area contributed by atoms with E-state index in [4.69, 9.17) is 0 Å². The summed E-state index contributed by atoms with van der Waals surface area (Å²) in [7, 11) is 0. The molecule has 4 heterocycles. The number of H-pyrrole nitrogens is 1. The number of aromatic amines is 1. The van der Waals surface area contributed by atoms with Gasteiger partial charge in [0.1, 0.15) is 11.8 Å². The first kappa shape index (κ1) is 11.3. The van der Waals surface area contributed by atoms with Crippen molar-refractivity contribution in [3.63, 3.8) is 0 Å². The molecule has 0 aromatic carbocycles. The normalized spacial score (nSPS) is 18.8. The minimum absolute atomic E-state index is 0.324. The van der Waals surface area contributed by atoms with E-state index in [1.807, 2.05) is 12.3 Å². The fraction of sp³-hybridized carbons (Fsp3) is 0.286. The highest BCUT2D eigenvalue weighted by Crippen LogP contribution is 2.36. The van der Waals surface area contributed by atoms with Crippen LogP contribution in [0, 0.1) is 0 Å². The van der Waals surface area contributed by atoms with Gasteiger partial charge in [0, 0.05) is 18.9 Å². The lowest BCUT2D eigenvalue weighted by Gasteiger charge is -2.25. The Labute approximate surface area is 115 Å². The fourth-order valence-electron chi connectivity index (χ4n) is 2.91. The molecule has 20 heavy (non-hydrogen) atoms. The van der Waals surface area contributed by atoms with Crippen molar-refractivity contribution in [2.24, 2.45) is 0 Å². The molecule has 1 aliphatic rings. The Balaban J connectivity index is 1.79. The number of imidazole rings is 1. The lowest BCUT2D eigenvalue weighted by Crippen LogP contribution is -2.24. The van der Waals surface area contributed by atoms with Gasteiger partial charge in [-0.25, -0.2) is 15.0 Å². The number of nitrogens with one attached hydrogen (secondary N) is 1. The molecule has 1 N–H and O–H groups in total. The summed E-state index contributed by atoms with van der Waals surface area (Å²) in [6.07, 6.45) is 9.26. The van der Waals surface area contributed by atoms with Crippen molar-refractivity contribution < 1.29 is 0 Å². The summed E-state index contributed by atoms with van der Waals surface area (Å²) >= 11 is 0. The van der Waals surface area contributed by atoms with Gasteiger partial charge < -0.3 is 9.88 Å². The predicted molar refractivity (Wildman–Crippen MR) is 75.2 cm³/mol. The monoisotopic (exact) mass is 266 g/mol. The molecule has 3 aromatic heterocycles. The van der Waals surface area contributed by atoms with Crippen molar-refractivity contribution in [3.8, 4) is 0 Å². The Morgan fingerprint density at radius 2 is 2.25 bits per heavy atom. The maximum atomic E-state index is 4.46. The number of rotatable bonds is 2. The zero-order valence-corrected chi connectivity index (χ0v) is 10.9. The van der Waals surface area contributed by atoms with Gasteiger partial charge in [-0.15, -0.1) is 0 Å². The van der Waals surface area contributed by atoms with Crippen LogP contribution in [0.25, 0.3) is 11.2 Å². The third kappa shape index (κ3) is 1.72. The number of pyridine rings is 1. The number of nitrogens with zero attached hydrogens (tertiary/aromatic N) is 5. The standard InChI is InChI=1S/C14H14N6/c1-3-10(7-15-5-1)11-4-2-6-20(11)14-12-13(17-8-16-12)18-9-19-14/h1,3,5,7-9,11H,2,4,6H2,(H,16,17,18,19). The van der Waals surface area contributed by atoms with Gasteiger partial charge in [-0.05, 0) is 24.5 Å². The van der Waals surface area contributed by atoms with Gasteiger partial charge in [0.05, 0.1) is 12.4 Å². The maximum absolute atomic E-state index is 4.46. The van der Waals surface area contributed by atoms with Crippen LogP contribution in [0.5, 0.6) is 0 Å². The highest BCUT2D eigenvalue weighted by molar-refractivity contribution is 5.83. The smallest absolute Gasteiger partial charge is 0.182 e. The molecule has 0 bridgehead atoms. The highest BCUT2D eigenvalue weighted by Gasteiger charge is 2.28. The Bertz CT molecular complexity index is 723. The van der Waals surface area contributed by atoms with Crippen LogP contribution in [0.1, 0.15) is 24.4 Å². The SMILES string of the molecule is c1cncc(C2CCCN2c2ncnc3nc[nH]c23)c1. The van der Waals surface area contributed by atoms with Gasteiger partial charge >= 0.3 is 0 Å². The number of hydrogen-bond donors (Lipinski definition) is 1. The van der Waals surface area contributed by atoms with Crippen LogP contribution >= 0.6 is 0 Å². The molecule has 6 nitrogen and oxygen atoms in total. The second-order valence-corrected chi connectivity index (χ2v) is 4.94. The molecule has 1 saturated heterocycles. The lowest BCUT2D eigenvalue weighted by molar-refractivity contribution is 0.709. The van der Waals surface area contributed by atoms with E-state index in [1.54, 1.807) is 18.9 Å². The first-order valence-electron chi connectivity index (χ1n) is 6.74. The molecule has 1 aliphatic heterocycles. The Morgan fingerprint density at radius 3 is 3.15 bits per heavy atom. The van der Waals surface area contributed by atoms with E-state index in [0.717, 1.165) is 30.7 Å². The minimum Gasteiger partial charge on any atom is -0.348 e. The molecule has 1 atom stereocenters. The predicted octanol–water partition coefficient (Wildman–Crippen LogP) is 2.09. The van der Waals surface area contributed by atoms with Crippen molar-refractivity contribution in [1.29, 1.82) is 0 Å². The van der Waals surface area contributed by atoms with E-state index in [1.165, 1.54) is 5.56 Å². The number of anilines is 1. The lowest BCUT2D eigenvalue weighted by atomic mass is 10.1. The molecule has 0 saturated carbocycles. The van der Waals surface area contributed by atoms with E-state index >= 15 is 0 Å². The largest absolute Gasteiger partial charge is 0.348 e.